The van der Waals surface area contributed by atoms with Gasteiger partial charge < -0.3 is 25.8 Å². The number of nitrogens with one attached hydrogen (secondary N) is 2. The van der Waals surface area contributed by atoms with Gasteiger partial charge >= 0.3 is 0 Å². The highest BCUT2D eigenvalue weighted by atomic mass is 16.5. The molecule has 0 aliphatic carbocycles. The first kappa shape index (κ1) is 15.4. The van der Waals surface area contributed by atoms with E-state index in [4.69, 9.17) is 15.2 Å². The number of benzene rings is 1. The molecule has 2 heterocycles. The van der Waals surface area contributed by atoms with Crippen LogP contribution in [0.5, 0.6) is 5.75 Å². The van der Waals surface area contributed by atoms with Gasteiger partial charge in [0.25, 0.3) is 0 Å². The first-order chi connectivity index (χ1) is 11.3. The summed E-state index contributed by atoms with van der Waals surface area (Å²) in [6.07, 6.45) is 3.88. The largest absolute Gasteiger partial charge is 0.497 e. The van der Waals surface area contributed by atoms with Crippen molar-refractivity contribution in [2.24, 2.45) is 0 Å². The van der Waals surface area contributed by atoms with Crippen molar-refractivity contribution in [3.05, 3.63) is 30.6 Å². The minimum absolute atomic E-state index is 0.224. The average Bonchev–Trinajstić information content (AvgIpc) is 3.10. The predicted octanol–water partition coefficient (Wildman–Crippen LogP) is 2.40. The van der Waals surface area contributed by atoms with Gasteiger partial charge in [0.1, 0.15) is 17.8 Å². The van der Waals surface area contributed by atoms with Gasteiger partial charge in [-0.25, -0.2) is 9.97 Å². The van der Waals surface area contributed by atoms with E-state index in [9.17, 15) is 0 Å². The van der Waals surface area contributed by atoms with E-state index in [0.29, 0.717) is 23.9 Å². The standard InChI is InChI=1S/C16H21N5O2/c1-22-12-6-4-11(5-7-12)21-16-14(17)15(19-10-20-16)18-9-13-3-2-8-23-13/h4-7,10,13H,2-3,8-9,17H2,1H3,(H2,18,19,20,21). The van der Waals surface area contributed by atoms with Crippen molar-refractivity contribution in [3.63, 3.8) is 0 Å². The molecule has 0 spiro atoms. The number of anilines is 4. The highest BCUT2D eigenvalue weighted by Gasteiger charge is 2.16. The SMILES string of the molecule is COc1ccc(Nc2ncnc(NCC3CCCO3)c2N)cc1. The van der Waals surface area contributed by atoms with E-state index in [0.717, 1.165) is 30.9 Å². The molecule has 1 aliphatic heterocycles. The molecule has 1 atom stereocenters. The van der Waals surface area contributed by atoms with Crippen LogP contribution in [0, 0.1) is 0 Å². The van der Waals surface area contributed by atoms with Crippen LogP contribution in [0.4, 0.5) is 23.0 Å². The fourth-order valence-electron chi connectivity index (χ4n) is 2.46. The van der Waals surface area contributed by atoms with Crippen LogP contribution in [0.3, 0.4) is 0 Å². The van der Waals surface area contributed by atoms with E-state index in [-0.39, 0.29) is 6.10 Å². The molecule has 2 aromatic rings. The van der Waals surface area contributed by atoms with Gasteiger partial charge in [-0.3, -0.25) is 0 Å². The molecule has 1 aromatic carbocycles. The van der Waals surface area contributed by atoms with Crippen molar-refractivity contribution in [3.8, 4) is 5.75 Å². The first-order valence-electron chi connectivity index (χ1n) is 7.63. The molecule has 1 aromatic heterocycles. The quantitative estimate of drug-likeness (QED) is 0.753. The summed E-state index contributed by atoms with van der Waals surface area (Å²) in [6.45, 7) is 1.53. The molecule has 122 valence electrons. The predicted molar refractivity (Wildman–Crippen MR) is 90.2 cm³/mol. The first-order valence-corrected chi connectivity index (χ1v) is 7.63. The van der Waals surface area contributed by atoms with Crippen LogP contribution in [-0.2, 0) is 4.74 Å². The summed E-state index contributed by atoms with van der Waals surface area (Å²) in [5, 5.41) is 6.43. The monoisotopic (exact) mass is 315 g/mol. The lowest BCUT2D eigenvalue weighted by Crippen LogP contribution is -2.20. The van der Waals surface area contributed by atoms with Gasteiger partial charge in [0.15, 0.2) is 11.6 Å². The molecule has 0 bridgehead atoms. The highest BCUT2D eigenvalue weighted by molar-refractivity contribution is 5.77. The van der Waals surface area contributed by atoms with E-state index < -0.39 is 0 Å². The summed E-state index contributed by atoms with van der Waals surface area (Å²) in [5.74, 6) is 1.98. The maximum atomic E-state index is 6.16. The van der Waals surface area contributed by atoms with Crippen LogP contribution in [0.1, 0.15) is 12.8 Å². The van der Waals surface area contributed by atoms with Crippen molar-refractivity contribution in [2.45, 2.75) is 18.9 Å². The van der Waals surface area contributed by atoms with Crippen molar-refractivity contribution in [1.82, 2.24) is 9.97 Å². The van der Waals surface area contributed by atoms with Gasteiger partial charge in [-0.05, 0) is 37.1 Å². The van der Waals surface area contributed by atoms with Crippen LogP contribution in [0.2, 0.25) is 0 Å². The Morgan fingerprint density at radius 2 is 2.04 bits per heavy atom. The Balaban J connectivity index is 1.67. The Morgan fingerprint density at radius 1 is 1.26 bits per heavy atom. The molecule has 0 amide bonds. The van der Waals surface area contributed by atoms with Gasteiger partial charge in [0.2, 0.25) is 0 Å². The third kappa shape index (κ3) is 3.81. The smallest absolute Gasteiger partial charge is 0.159 e. The van der Waals surface area contributed by atoms with E-state index in [2.05, 4.69) is 20.6 Å². The third-order valence-corrected chi connectivity index (χ3v) is 3.76. The van der Waals surface area contributed by atoms with Crippen molar-refractivity contribution in [1.29, 1.82) is 0 Å². The summed E-state index contributed by atoms with van der Waals surface area (Å²) in [7, 11) is 1.64. The minimum atomic E-state index is 0.224. The number of nitrogen functional groups attached to an aromatic ring is 1. The second kappa shape index (κ2) is 7.15. The average molecular weight is 315 g/mol. The fraction of sp³-hybridized carbons (Fsp3) is 0.375. The van der Waals surface area contributed by atoms with Crippen LogP contribution in [-0.4, -0.2) is 36.3 Å². The van der Waals surface area contributed by atoms with Gasteiger partial charge in [-0.15, -0.1) is 0 Å². The molecule has 1 aliphatic rings. The van der Waals surface area contributed by atoms with Crippen LogP contribution in [0.25, 0.3) is 0 Å². The minimum Gasteiger partial charge on any atom is -0.497 e. The lowest BCUT2D eigenvalue weighted by Gasteiger charge is -2.15. The van der Waals surface area contributed by atoms with Gasteiger partial charge in [0.05, 0.1) is 13.2 Å². The molecule has 1 fully saturated rings. The third-order valence-electron chi connectivity index (χ3n) is 3.76. The van der Waals surface area contributed by atoms with Crippen LogP contribution < -0.4 is 21.1 Å². The summed E-state index contributed by atoms with van der Waals surface area (Å²) in [4.78, 5) is 8.41. The molecule has 3 rings (SSSR count). The Hall–Kier alpha value is -2.54. The number of ether oxygens (including phenoxy) is 2. The molecule has 7 heteroatoms. The normalized spacial score (nSPS) is 17.0. The molecule has 0 radical (unpaired) electrons. The molecule has 7 nitrogen and oxygen atoms in total. The lowest BCUT2D eigenvalue weighted by atomic mass is 10.2. The number of rotatable bonds is 6. The summed E-state index contributed by atoms with van der Waals surface area (Å²) in [5.41, 5.74) is 7.52. The second-order valence-electron chi connectivity index (χ2n) is 5.35. The summed E-state index contributed by atoms with van der Waals surface area (Å²) in [6, 6.07) is 7.55. The highest BCUT2D eigenvalue weighted by Crippen LogP contribution is 2.27. The van der Waals surface area contributed by atoms with E-state index in [1.54, 1.807) is 7.11 Å². The molecular formula is C16H21N5O2. The van der Waals surface area contributed by atoms with Gasteiger partial charge in [-0.1, -0.05) is 0 Å². The van der Waals surface area contributed by atoms with Crippen LogP contribution in [0.15, 0.2) is 30.6 Å². The molecule has 1 unspecified atom stereocenters. The summed E-state index contributed by atoms with van der Waals surface area (Å²) < 4.78 is 10.7. The molecule has 1 saturated heterocycles. The molecular weight excluding hydrogens is 294 g/mol. The number of hydrogen-bond donors (Lipinski definition) is 3. The number of hydrogen-bond acceptors (Lipinski definition) is 7. The summed E-state index contributed by atoms with van der Waals surface area (Å²) >= 11 is 0. The number of methoxy groups -OCH3 is 1. The topological polar surface area (TPSA) is 94.3 Å². The number of nitrogens with zero attached hydrogens (tertiary/aromatic N) is 2. The molecule has 4 N–H and O–H groups in total. The fourth-order valence-corrected chi connectivity index (χ4v) is 2.46. The maximum absolute atomic E-state index is 6.16. The zero-order chi connectivity index (χ0) is 16.1. The number of nitrogens with two attached hydrogens (primary N) is 1. The number of aromatic nitrogens is 2. The Labute approximate surface area is 135 Å². The van der Waals surface area contributed by atoms with Crippen LogP contribution >= 0.6 is 0 Å². The molecule has 0 saturated carbocycles. The van der Waals surface area contributed by atoms with Crippen molar-refractivity contribution < 1.29 is 9.47 Å². The maximum Gasteiger partial charge on any atom is 0.159 e. The zero-order valence-electron chi connectivity index (χ0n) is 13.1. The Kier molecular flexibility index (Phi) is 4.77. The van der Waals surface area contributed by atoms with Crippen molar-refractivity contribution >= 4 is 23.0 Å². The van der Waals surface area contributed by atoms with E-state index in [1.165, 1.54) is 6.33 Å². The lowest BCUT2D eigenvalue weighted by molar-refractivity contribution is 0.120. The van der Waals surface area contributed by atoms with Crippen molar-refractivity contribution in [2.75, 3.05) is 36.6 Å². The van der Waals surface area contributed by atoms with Gasteiger partial charge in [0, 0.05) is 18.8 Å². The Bertz CT molecular complexity index is 641. The van der Waals surface area contributed by atoms with E-state index >= 15 is 0 Å². The second-order valence-corrected chi connectivity index (χ2v) is 5.35. The molecule has 23 heavy (non-hydrogen) atoms. The van der Waals surface area contributed by atoms with Gasteiger partial charge in [-0.2, -0.15) is 0 Å². The Morgan fingerprint density at radius 3 is 2.74 bits per heavy atom. The van der Waals surface area contributed by atoms with E-state index in [1.807, 2.05) is 24.3 Å². The zero-order valence-corrected chi connectivity index (χ0v) is 13.1.